The van der Waals surface area contributed by atoms with Crippen LogP contribution < -0.4 is 0 Å². The molecule has 6 heteroatoms. The Kier molecular flexibility index (Phi) is 7.70. The van der Waals surface area contributed by atoms with Gasteiger partial charge in [-0.05, 0) is 32.6 Å². The zero-order valence-electron chi connectivity index (χ0n) is 11.2. The molecule has 0 N–H and O–H groups in total. The summed E-state index contributed by atoms with van der Waals surface area (Å²) in [4.78, 5) is 28.6. The molecule has 19 heavy (non-hydrogen) atoms. The van der Waals surface area contributed by atoms with Crippen LogP contribution >= 0.6 is 15.9 Å². The van der Waals surface area contributed by atoms with Crippen LogP contribution in [0.25, 0.3) is 0 Å². The SMILES string of the molecule is CCOC(=O)/C(=N\OC1CCCCCC1)C(=O)CBr. The molecule has 0 aromatic rings. The summed E-state index contributed by atoms with van der Waals surface area (Å²) >= 11 is 3.02. The van der Waals surface area contributed by atoms with Crippen molar-refractivity contribution in [3.8, 4) is 0 Å². The van der Waals surface area contributed by atoms with Crippen LogP contribution in [0, 0.1) is 0 Å². The van der Waals surface area contributed by atoms with E-state index in [2.05, 4.69) is 21.1 Å². The van der Waals surface area contributed by atoms with Gasteiger partial charge in [-0.25, -0.2) is 4.79 Å². The molecule has 0 aromatic carbocycles. The number of nitrogens with zero attached hydrogens (tertiary/aromatic N) is 1. The molecule has 1 aliphatic carbocycles. The summed E-state index contributed by atoms with van der Waals surface area (Å²) in [6.45, 7) is 1.89. The lowest BCUT2D eigenvalue weighted by Crippen LogP contribution is -2.28. The van der Waals surface area contributed by atoms with Crippen LogP contribution in [0.3, 0.4) is 0 Å². The van der Waals surface area contributed by atoms with Gasteiger partial charge in [-0.1, -0.05) is 33.9 Å². The summed E-state index contributed by atoms with van der Waals surface area (Å²) in [5, 5.41) is 3.77. The number of ketones is 1. The van der Waals surface area contributed by atoms with Crippen molar-refractivity contribution in [2.45, 2.75) is 51.6 Å². The van der Waals surface area contributed by atoms with E-state index >= 15 is 0 Å². The fourth-order valence-corrected chi connectivity index (χ4v) is 2.20. The van der Waals surface area contributed by atoms with E-state index in [0.717, 1.165) is 25.7 Å². The van der Waals surface area contributed by atoms with E-state index in [1.807, 2.05) is 0 Å². The largest absolute Gasteiger partial charge is 0.461 e. The first kappa shape index (κ1) is 16.1. The van der Waals surface area contributed by atoms with Gasteiger partial charge in [-0.2, -0.15) is 0 Å². The highest BCUT2D eigenvalue weighted by molar-refractivity contribution is 9.09. The average Bonchev–Trinajstić information content (AvgIpc) is 2.67. The summed E-state index contributed by atoms with van der Waals surface area (Å²) in [6, 6.07) is 0. The molecule has 0 spiro atoms. The minimum atomic E-state index is -0.722. The predicted molar refractivity (Wildman–Crippen MR) is 75.4 cm³/mol. The van der Waals surface area contributed by atoms with Gasteiger partial charge in [-0.3, -0.25) is 4.79 Å². The Labute approximate surface area is 121 Å². The zero-order valence-corrected chi connectivity index (χ0v) is 12.8. The van der Waals surface area contributed by atoms with Crippen molar-refractivity contribution in [1.29, 1.82) is 0 Å². The van der Waals surface area contributed by atoms with Gasteiger partial charge in [0, 0.05) is 0 Å². The molecule has 0 unspecified atom stereocenters. The lowest BCUT2D eigenvalue weighted by Gasteiger charge is -2.12. The third kappa shape index (κ3) is 5.72. The maximum atomic E-state index is 11.6. The van der Waals surface area contributed by atoms with Crippen LogP contribution in [0.15, 0.2) is 5.16 Å². The summed E-state index contributed by atoms with van der Waals surface area (Å²) < 4.78 is 4.80. The molecule has 0 aromatic heterocycles. The second-order valence-electron chi connectivity index (χ2n) is 4.44. The highest BCUT2D eigenvalue weighted by atomic mass is 79.9. The van der Waals surface area contributed by atoms with E-state index in [4.69, 9.17) is 9.57 Å². The molecule has 0 bridgehead atoms. The highest BCUT2D eigenvalue weighted by Gasteiger charge is 2.23. The molecule has 0 aliphatic heterocycles. The zero-order chi connectivity index (χ0) is 14.1. The molecule has 0 saturated heterocycles. The fourth-order valence-electron chi connectivity index (χ4n) is 1.94. The van der Waals surface area contributed by atoms with E-state index in [1.165, 1.54) is 12.8 Å². The molecule has 0 amide bonds. The predicted octanol–water partition coefficient (Wildman–Crippen LogP) is 2.61. The lowest BCUT2D eigenvalue weighted by atomic mass is 10.2. The molecule has 5 nitrogen and oxygen atoms in total. The topological polar surface area (TPSA) is 65.0 Å². The number of carbonyl (C=O) groups is 2. The van der Waals surface area contributed by atoms with E-state index < -0.39 is 11.8 Å². The van der Waals surface area contributed by atoms with Crippen molar-refractivity contribution in [2.75, 3.05) is 11.9 Å². The van der Waals surface area contributed by atoms with Crippen molar-refractivity contribution in [3.63, 3.8) is 0 Å². The van der Waals surface area contributed by atoms with Crippen LogP contribution in [0.4, 0.5) is 0 Å². The quantitative estimate of drug-likeness (QED) is 0.187. The molecule has 108 valence electrons. The maximum Gasteiger partial charge on any atom is 0.364 e. The summed E-state index contributed by atoms with van der Waals surface area (Å²) in [7, 11) is 0. The van der Waals surface area contributed by atoms with E-state index in [9.17, 15) is 9.59 Å². The van der Waals surface area contributed by atoms with Gasteiger partial charge < -0.3 is 9.57 Å². The van der Waals surface area contributed by atoms with Gasteiger partial charge in [0.15, 0.2) is 0 Å². The highest BCUT2D eigenvalue weighted by Crippen LogP contribution is 2.20. The number of alkyl halides is 1. The number of esters is 1. The Balaban J connectivity index is 2.64. The number of halogens is 1. The smallest absolute Gasteiger partial charge is 0.364 e. The number of Topliss-reactive ketones (excluding diaryl/α,β-unsaturated/α-hetero) is 1. The lowest BCUT2D eigenvalue weighted by molar-refractivity contribution is -0.136. The molecule has 1 saturated carbocycles. The molecule has 1 rings (SSSR count). The Morgan fingerprint density at radius 1 is 1.21 bits per heavy atom. The van der Waals surface area contributed by atoms with Crippen LogP contribution in [-0.4, -0.2) is 35.5 Å². The average molecular weight is 334 g/mol. The van der Waals surface area contributed by atoms with E-state index in [0.29, 0.717) is 0 Å². The second kappa shape index (κ2) is 9.07. The minimum absolute atomic E-state index is 0.00458. The molecule has 0 atom stereocenters. The van der Waals surface area contributed by atoms with Gasteiger partial charge >= 0.3 is 5.97 Å². The van der Waals surface area contributed by atoms with Crippen molar-refractivity contribution in [3.05, 3.63) is 0 Å². The number of ether oxygens (including phenoxy) is 1. The maximum absolute atomic E-state index is 11.6. The second-order valence-corrected chi connectivity index (χ2v) is 5.00. The van der Waals surface area contributed by atoms with Gasteiger partial charge in [0.25, 0.3) is 0 Å². The van der Waals surface area contributed by atoms with Gasteiger partial charge in [0.2, 0.25) is 11.5 Å². The van der Waals surface area contributed by atoms with Crippen molar-refractivity contribution in [2.24, 2.45) is 5.16 Å². The summed E-state index contributed by atoms with van der Waals surface area (Å²) in [5.41, 5.74) is -0.261. The van der Waals surface area contributed by atoms with Gasteiger partial charge in [-0.15, -0.1) is 0 Å². The molecule has 0 heterocycles. The molecular formula is C13H20BrNO4. The fraction of sp³-hybridized carbons (Fsp3) is 0.769. The third-order valence-corrected chi connectivity index (χ3v) is 3.46. The normalized spacial score (nSPS) is 17.7. The molecule has 1 aliphatic rings. The number of rotatable bonds is 6. The van der Waals surface area contributed by atoms with E-state index in [-0.39, 0.29) is 23.8 Å². The van der Waals surface area contributed by atoms with Crippen LogP contribution in [0.1, 0.15) is 45.4 Å². The number of carbonyl (C=O) groups excluding carboxylic acids is 2. The van der Waals surface area contributed by atoms with Gasteiger partial charge in [0.1, 0.15) is 6.10 Å². The van der Waals surface area contributed by atoms with Crippen LogP contribution in [0.5, 0.6) is 0 Å². The minimum Gasteiger partial charge on any atom is -0.461 e. The summed E-state index contributed by atoms with van der Waals surface area (Å²) in [6.07, 6.45) is 6.44. The van der Waals surface area contributed by atoms with Crippen molar-refractivity contribution in [1.82, 2.24) is 0 Å². The Morgan fingerprint density at radius 2 is 1.84 bits per heavy atom. The first-order valence-corrected chi connectivity index (χ1v) is 7.81. The van der Waals surface area contributed by atoms with Crippen LogP contribution in [-0.2, 0) is 19.2 Å². The van der Waals surface area contributed by atoms with E-state index in [1.54, 1.807) is 6.92 Å². The first-order chi connectivity index (χ1) is 9.19. The Morgan fingerprint density at radius 3 is 2.37 bits per heavy atom. The molecule has 0 radical (unpaired) electrons. The number of oxime groups is 1. The molecular weight excluding hydrogens is 314 g/mol. The Bertz CT molecular complexity index is 336. The first-order valence-electron chi connectivity index (χ1n) is 6.69. The Hall–Kier alpha value is -0.910. The number of hydrogen-bond acceptors (Lipinski definition) is 5. The summed E-state index contributed by atoms with van der Waals surface area (Å²) in [5.74, 6) is -1.15. The molecule has 1 fully saturated rings. The van der Waals surface area contributed by atoms with Gasteiger partial charge in [0.05, 0.1) is 11.9 Å². The standard InChI is InChI=1S/C13H20BrNO4/c1-2-18-13(17)12(11(16)9-14)15-19-10-7-5-3-4-6-8-10/h10H,2-9H2,1H3/b15-12-. The van der Waals surface area contributed by atoms with Crippen molar-refractivity contribution >= 4 is 33.4 Å². The monoisotopic (exact) mass is 333 g/mol. The van der Waals surface area contributed by atoms with Crippen molar-refractivity contribution < 1.29 is 19.2 Å². The third-order valence-electron chi connectivity index (χ3n) is 2.95. The number of hydrogen-bond donors (Lipinski definition) is 0. The van der Waals surface area contributed by atoms with Crippen LogP contribution in [0.2, 0.25) is 0 Å².